The van der Waals surface area contributed by atoms with E-state index in [2.05, 4.69) is 16.0 Å². The van der Waals surface area contributed by atoms with Gasteiger partial charge in [-0.05, 0) is 67.7 Å². The van der Waals surface area contributed by atoms with Crippen molar-refractivity contribution in [3.05, 3.63) is 115 Å². The van der Waals surface area contributed by atoms with Gasteiger partial charge in [0.2, 0.25) is 0 Å². The Labute approximate surface area is 241 Å². The first-order chi connectivity index (χ1) is 19.1. The van der Waals surface area contributed by atoms with Gasteiger partial charge >= 0.3 is 0 Å². The molecule has 1 amide bonds. The predicted octanol–water partition coefficient (Wildman–Crippen LogP) is 7.10. The van der Waals surface area contributed by atoms with Gasteiger partial charge in [-0.15, -0.1) is 11.3 Å². The molecule has 206 valence electrons. The van der Waals surface area contributed by atoms with Gasteiger partial charge in [0.1, 0.15) is 10.8 Å². The van der Waals surface area contributed by atoms with Gasteiger partial charge in [0.15, 0.2) is 0 Å². The van der Waals surface area contributed by atoms with Crippen molar-refractivity contribution in [3.8, 4) is 0 Å². The number of benzene rings is 2. The number of halogens is 2. The zero-order chi connectivity index (χ0) is 29.0. The number of pyridine rings is 1. The molecule has 1 atom stereocenters. The molecular formula is C31H30ClFN4O2S. The molecule has 40 heavy (non-hydrogen) atoms. The number of nitrogens with zero attached hydrogens (tertiary/aromatic N) is 4. The van der Waals surface area contributed by atoms with Crippen LogP contribution >= 0.6 is 22.9 Å². The Morgan fingerprint density at radius 1 is 1.23 bits per heavy atom. The van der Waals surface area contributed by atoms with E-state index in [4.69, 9.17) is 11.6 Å². The molecule has 0 fully saturated rings. The number of thiazole rings is 1. The molecule has 2 aromatic heterocycles. The van der Waals surface area contributed by atoms with Crippen LogP contribution in [0.1, 0.15) is 52.5 Å². The molecule has 0 saturated carbocycles. The van der Waals surface area contributed by atoms with Crippen LogP contribution in [0.4, 0.5) is 4.39 Å². The molecule has 9 heteroatoms. The minimum Gasteiger partial charge on any atom is -0.345 e. The van der Waals surface area contributed by atoms with Crippen molar-refractivity contribution < 1.29 is 9.18 Å². The van der Waals surface area contributed by atoms with Crippen molar-refractivity contribution >= 4 is 51.0 Å². The third kappa shape index (κ3) is 5.98. The molecule has 0 spiro atoms. The average molecular weight is 577 g/mol. The summed E-state index contributed by atoms with van der Waals surface area (Å²) in [7, 11) is 3.12. The normalized spacial score (nSPS) is 13.0. The maximum atomic E-state index is 15.4. The fourth-order valence-corrected chi connectivity index (χ4v) is 5.62. The Morgan fingerprint density at radius 2 is 1.95 bits per heavy atom. The third-order valence-electron chi connectivity index (χ3n) is 6.55. The average Bonchev–Trinajstić information content (AvgIpc) is 3.42. The van der Waals surface area contributed by atoms with E-state index in [9.17, 15) is 9.59 Å². The largest absolute Gasteiger partial charge is 0.345 e. The number of fused-ring (bicyclic) bond motifs is 1. The lowest BCUT2D eigenvalue weighted by Crippen LogP contribution is -2.23. The second-order valence-electron chi connectivity index (χ2n) is 9.63. The summed E-state index contributed by atoms with van der Waals surface area (Å²) in [5, 5.41) is 0.135. The summed E-state index contributed by atoms with van der Waals surface area (Å²) < 4.78 is 18.0. The number of amides is 1. The van der Waals surface area contributed by atoms with Gasteiger partial charge in [0, 0.05) is 37.8 Å². The number of aromatic nitrogens is 2. The minimum absolute atomic E-state index is 0.0110. The van der Waals surface area contributed by atoms with Gasteiger partial charge in [0.05, 0.1) is 27.0 Å². The molecule has 1 unspecified atom stereocenters. The van der Waals surface area contributed by atoms with Crippen LogP contribution in [-0.4, -0.2) is 40.2 Å². The summed E-state index contributed by atoms with van der Waals surface area (Å²) >= 11 is 8.23. The lowest BCUT2D eigenvalue weighted by Gasteiger charge is -2.17. The monoisotopic (exact) mass is 576 g/mol. The molecule has 4 aromatic rings. The van der Waals surface area contributed by atoms with E-state index >= 15 is 4.39 Å². The number of aliphatic imine (C=N–C) groups is 1. The summed E-state index contributed by atoms with van der Waals surface area (Å²) in [6, 6.07) is 12.5. The van der Waals surface area contributed by atoms with E-state index < -0.39 is 11.7 Å². The highest BCUT2D eigenvalue weighted by molar-refractivity contribution is 7.16. The highest BCUT2D eigenvalue weighted by Gasteiger charge is 2.20. The molecule has 0 radical (unpaired) electrons. The first kappa shape index (κ1) is 29.1. The van der Waals surface area contributed by atoms with Crippen LogP contribution in [0.3, 0.4) is 0 Å². The van der Waals surface area contributed by atoms with Crippen LogP contribution in [0.25, 0.3) is 16.4 Å². The second kappa shape index (κ2) is 12.5. The summed E-state index contributed by atoms with van der Waals surface area (Å²) in [5.41, 5.74) is 5.34. The van der Waals surface area contributed by atoms with Crippen molar-refractivity contribution in [1.29, 1.82) is 0 Å². The smallest absolute Gasteiger partial charge is 0.273 e. The SMILES string of the molecule is C/C=C/N=C(/C=C/n1c(C)cc(C(C)Cc2cccc3ncsc23)c(Cl)c1=O)c1cccc(C(=O)N(C)C)c1F. The molecule has 0 aliphatic heterocycles. The number of hydrogen-bond acceptors (Lipinski definition) is 5. The molecular weight excluding hydrogens is 547 g/mol. The first-order valence-electron chi connectivity index (χ1n) is 12.7. The maximum Gasteiger partial charge on any atom is 0.273 e. The number of rotatable bonds is 8. The summed E-state index contributed by atoms with van der Waals surface area (Å²) in [4.78, 5) is 35.9. The van der Waals surface area contributed by atoms with Crippen molar-refractivity contribution in [3.63, 3.8) is 0 Å². The molecule has 0 aliphatic rings. The van der Waals surface area contributed by atoms with E-state index in [1.54, 1.807) is 56.6 Å². The molecule has 0 N–H and O–H groups in total. The van der Waals surface area contributed by atoms with E-state index in [1.165, 1.54) is 27.9 Å². The standard InChI is InChI=1S/C31H30ClFN4O2S/c1-6-14-34-25(22-10-8-11-23(28(22)33)30(38)36(4)5)13-15-37-20(3)17-24(27(32)31(37)39)19(2)16-21-9-7-12-26-29(21)40-18-35-26/h6-15,17-19H,16H2,1-5H3/b14-6+,15-13+,34-25-. The maximum absolute atomic E-state index is 15.4. The van der Waals surface area contributed by atoms with Crippen LogP contribution in [0.5, 0.6) is 0 Å². The van der Waals surface area contributed by atoms with Crippen LogP contribution in [0.2, 0.25) is 5.02 Å². The van der Waals surface area contributed by atoms with Gasteiger partial charge in [-0.2, -0.15) is 0 Å². The fourth-order valence-electron chi connectivity index (χ4n) is 4.47. The third-order valence-corrected chi connectivity index (χ3v) is 7.85. The minimum atomic E-state index is -0.684. The van der Waals surface area contributed by atoms with E-state index in [0.717, 1.165) is 21.3 Å². The number of aryl methyl sites for hydroxylation is 1. The molecule has 0 aliphatic carbocycles. The molecule has 2 heterocycles. The Kier molecular flexibility index (Phi) is 9.12. The fraction of sp³-hybridized carbons (Fsp3) is 0.226. The Bertz CT molecular complexity index is 1720. The van der Waals surface area contributed by atoms with Gasteiger partial charge in [0.25, 0.3) is 11.5 Å². The van der Waals surface area contributed by atoms with Crippen molar-refractivity contribution in [2.24, 2.45) is 4.99 Å². The van der Waals surface area contributed by atoms with E-state index in [0.29, 0.717) is 12.1 Å². The highest BCUT2D eigenvalue weighted by Crippen LogP contribution is 2.30. The number of carbonyl (C=O) groups excluding carboxylic acids is 1. The van der Waals surface area contributed by atoms with Crippen LogP contribution in [0.15, 0.2) is 76.1 Å². The topological polar surface area (TPSA) is 67.6 Å². The molecule has 2 aromatic carbocycles. The van der Waals surface area contributed by atoms with Crippen LogP contribution in [0, 0.1) is 12.7 Å². The number of hydrogen-bond donors (Lipinski definition) is 0. The first-order valence-corrected chi connectivity index (χ1v) is 14.0. The molecule has 4 rings (SSSR count). The van der Waals surface area contributed by atoms with Crippen molar-refractivity contribution in [1.82, 2.24) is 14.5 Å². The van der Waals surface area contributed by atoms with Crippen LogP contribution < -0.4 is 5.56 Å². The van der Waals surface area contributed by atoms with Gasteiger partial charge in [-0.3, -0.25) is 19.1 Å². The Hall–Kier alpha value is -3.88. The quantitative estimate of drug-likeness (QED) is 0.210. The lowest BCUT2D eigenvalue weighted by atomic mass is 9.93. The van der Waals surface area contributed by atoms with Crippen molar-refractivity contribution in [2.45, 2.75) is 33.1 Å². The zero-order valence-corrected chi connectivity index (χ0v) is 24.6. The number of allylic oxidation sites excluding steroid dienone is 2. The Balaban J connectivity index is 1.69. The highest BCUT2D eigenvalue weighted by atomic mass is 35.5. The molecule has 0 saturated heterocycles. The summed E-state index contributed by atoms with van der Waals surface area (Å²) in [6.45, 7) is 5.66. The van der Waals surface area contributed by atoms with Crippen molar-refractivity contribution in [2.75, 3.05) is 14.1 Å². The molecule has 0 bridgehead atoms. The number of carbonyl (C=O) groups is 1. The second-order valence-corrected chi connectivity index (χ2v) is 10.9. The Morgan fingerprint density at radius 3 is 2.67 bits per heavy atom. The van der Waals surface area contributed by atoms with Gasteiger partial charge in [-0.25, -0.2) is 9.37 Å². The van der Waals surface area contributed by atoms with Gasteiger partial charge in [-0.1, -0.05) is 42.8 Å². The van der Waals surface area contributed by atoms with Gasteiger partial charge < -0.3 is 4.90 Å². The zero-order valence-electron chi connectivity index (χ0n) is 23.0. The molecule has 6 nitrogen and oxygen atoms in total. The van der Waals surface area contributed by atoms with E-state index in [-0.39, 0.29) is 33.3 Å². The summed E-state index contributed by atoms with van der Waals surface area (Å²) in [5.74, 6) is -1.15. The van der Waals surface area contributed by atoms with Crippen LogP contribution in [-0.2, 0) is 6.42 Å². The predicted molar refractivity (Wildman–Crippen MR) is 163 cm³/mol. The van der Waals surface area contributed by atoms with E-state index in [1.807, 2.05) is 37.6 Å². The summed E-state index contributed by atoms with van der Waals surface area (Å²) in [6.07, 6.45) is 7.01. The lowest BCUT2D eigenvalue weighted by molar-refractivity contribution is 0.0823.